The highest BCUT2D eigenvalue weighted by Crippen LogP contribution is 2.25. The third kappa shape index (κ3) is 2.97. The number of rotatable bonds is 5. The van der Waals surface area contributed by atoms with Gasteiger partial charge in [-0.15, -0.1) is 0 Å². The molecule has 1 aromatic heterocycles. The molecule has 0 atom stereocenters. The molecule has 0 saturated heterocycles. The van der Waals surface area contributed by atoms with E-state index in [0.717, 1.165) is 4.31 Å². The monoisotopic (exact) mass is 309 g/mol. The van der Waals surface area contributed by atoms with E-state index in [2.05, 4.69) is 10.3 Å². The number of pyridine rings is 1. The van der Waals surface area contributed by atoms with E-state index in [1.807, 2.05) is 0 Å². The second-order valence-corrected chi connectivity index (χ2v) is 6.11. The zero-order valence-corrected chi connectivity index (χ0v) is 12.6. The number of hydrogen-bond donors (Lipinski definition) is 1. The molecule has 0 radical (unpaired) electrons. The lowest BCUT2D eigenvalue weighted by atomic mass is 10.3. The predicted molar refractivity (Wildman–Crippen MR) is 80.4 cm³/mol. The minimum absolute atomic E-state index is 0.0200. The Hall–Kier alpha value is -2.15. The van der Waals surface area contributed by atoms with Crippen LogP contribution in [-0.2, 0) is 10.0 Å². The first-order valence-corrected chi connectivity index (χ1v) is 7.85. The number of anilines is 2. The summed E-state index contributed by atoms with van der Waals surface area (Å²) in [6.07, 6.45) is 1.25. The SMILES string of the molecule is CCN(c1ccccc1F)S(=O)(=O)c1ccc(NC)nc1. The summed E-state index contributed by atoms with van der Waals surface area (Å²) in [6.45, 7) is 1.77. The first-order chi connectivity index (χ1) is 10.0. The third-order valence-electron chi connectivity index (χ3n) is 2.99. The molecule has 0 fully saturated rings. The van der Waals surface area contributed by atoms with E-state index in [0.29, 0.717) is 5.82 Å². The van der Waals surface area contributed by atoms with Crippen molar-refractivity contribution in [1.82, 2.24) is 4.98 Å². The van der Waals surface area contributed by atoms with Crippen molar-refractivity contribution in [1.29, 1.82) is 0 Å². The second-order valence-electron chi connectivity index (χ2n) is 4.25. The van der Waals surface area contributed by atoms with Gasteiger partial charge in [-0.25, -0.2) is 17.8 Å². The first kappa shape index (κ1) is 15.2. The molecule has 7 heteroatoms. The van der Waals surface area contributed by atoms with Gasteiger partial charge in [0.25, 0.3) is 10.0 Å². The van der Waals surface area contributed by atoms with Gasteiger partial charge in [-0.2, -0.15) is 0 Å². The van der Waals surface area contributed by atoms with E-state index in [4.69, 9.17) is 0 Å². The van der Waals surface area contributed by atoms with Gasteiger partial charge in [0.2, 0.25) is 0 Å². The fourth-order valence-electron chi connectivity index (χ4n) is 1.93. The van der Waals surface area contributed by atoms with E-state index in [1.165, 1.54) is 30.5 Å². The number of para-hydroxylation sites is 1. The Bertz CT molecular complexity index is 717. The van der Waals surface area contributed by atoms with Crippen LogP contribution < -0.4 is 9.62 Å². The van der Waals surface area contributed by atoms with Crippen molar-refractivity contribution >= 4 is 21.5 Å². The average molecular weight is 309 g/mol. The number of sulfonamides is 1. The lowest BCUT2D eigenvalue weighted by Crippen LogP contribution is -2.31. The molecule has 0 amide bonds. The standard InChI is InChI=1S/C14H16FN3O2S/c1-3-18(13-7-5-4-6-12(13)15)21(19,20)11-8-9-14(16-2)17-10-11/h4-10H,3H2,1-2H3,(H,16,17). The van der Waals surface area contributed by atoms with Crippen LogP contribution in [0.5, 0.6) is 0 Å². The number of nitrogens with one attached hydrogen (secondary N) is 1. The Morgan fingerprint density at radius 3 is 2.48 bits per heavy atom. The second kappa shape index (κ2) is 6.09. The summed E-state index contributed by atoms with van der Waals surface area (Å²) < 4.78 is 40.1. The summed E-state index contributed by atoms with van der Waals surface area (Å²) in [6, 6.07) is 8.78. The quantitative estimate of drug-likeness (QED) is 0.921. The van der Waals surface area contributed by atoms with Gasteiger partial charge in [-0.05, 0) is 31.2 Å². The summed E-state index contributed by atoms with van der Waals surface area (Å²) in [7, 11) is -2.16. The summed E-state index contributed by atoms with van der Waals surface area (Å²) in [4.78, 5) is 4.01. The molecular weight excluding hydrogens is 293 g/mol. The molecule has 1 heterocycles. The van der Waals surface area contributed by atoms with Crippen LogP contribution >= 0.6 is 0 Å². The average Bonchev–Trinajstić information content (AvgIpc) is 2.50. The number of hydrogen-bond acceptors (Lipinski definition) is 4. The lowest BCUT2D eigenvalue weighted by Gasteiger charge is -2.23. The molecule has 0 aliphatic rings. The Morgan fingerprint density at radius 1 is 1.24 bits per heavy atom. The van der Waals surface area contributed by atoms with Crippen LogP contribution in [-0.4, -0.2) is 27.0 Å². The largest absolute Gasteiger partial charge is 0.373 e. The molecule has 2 aromatic rings. The van der Waals surface area contributed by atoms with Gasteiger partial charge in [-0.1, -0.05) is 12.1 Å². The molecular formula is C14H16FN3O2S. The Morgan fingerprint density at radius 2 is 1.95 bits per heavy atom. The maximum atomic E-state index is 13.9. The van der Waals surface area contributed by atoms with Gasteiger partial charge in [0.05, 0.1) is 5.69 Å². The van der Waals surface area contributed by atoms with Gasteiger partial charge in [-0.3, -0.25) is 4.31 Å². The highest BCUT2D eigenvalue weighted by atomic mass is 32.2. The van der Waals surface area contributed by atoms with E-state index in [1.54, 1.807) is 26.1 Å². The maximum absolute atomic E-state index is 13.9. The molecule has 0 bridgehead atoms. The molecule has 0 unspecified atom stereocenters. The fourth-order valence-corrected chi connectivity index (χ4v) is 3.36. The highest BCUT2D eigenvalue weighted by molar-refractivity contribution is 7.92. The zero-order valence-electron chi connectivity index (χ0n) is 11.7. The summed E-state index contributed by atoms with van der Waals surface area (Å²) in [5.74, 6) is -0.0226. The van der Waals surface area contributed by atoms with Crippen molar-refractivity contribution in [2.75, 3.05) is 23.2 Å². The molecule has 0 aliphatic carbocycles. The van der Waals surface area contributed by atoms with Gasteiger partial charge in [0.1, 0.15) is 16.5 Å². The highest BCUT2D eigenvalue weighted by Gasteiger charge is 2.25. The minimum atomic E-state index is -3.85. The first-order valence-electron chi connectivity index (χ1n) is 6.41. The molecule has 2 rings (SSSR count). The Kier molecular flexibility index (Phi) is 4.42. The van der Waals surface area contributed by atoms with Crippen molar-refractivity contribution in [3.05, 3.63) is 48.4 Å². The van der Waals surface area contributed by atoms with Crippen molar-refractivity contribution in [3.8, 4) is 0 Å². The number of nitrogens with zero attached hydrogens (tertiary/aromatic N) is 2. The summed E-state index contributed by atoms with van der Waals surface area (Å²) in [5, 5.41) is 2.81. The van der Waals surface area contributed by atoms with Crippen molar-refractivity contribution in [2.24, 2.45) is 0 Å². The van der Waals surface area contributed by atoms with Crippen molar-refractivity contribution < 1.29 is 12.8 Å². The Labute approximate surface area is 123 Å². The summed E-state index contributed by atoms with van der Waals surface area (Å²) >= 11 is 0. The number of halogens is 1. The summed E-state index contributed by atoms with van der Waals surface area (Å²) in [5.41, 5.74) is 0.0256. The van der Waals surface area contributed by atoms with Crippen LogP contribution in [0.2, 0.25) is 0 Å². The van der Waals surface area contributed by atoms with E-state index >= 15 is 0 Å². The molecule has 0 saturated carbocycles. The molecule has 1 N–H and O–H groups in total. The van der Waals surface area contributed by atoms with Gasteiger partial charge in [0, 0.05) is 19.8 Å². The van der Waals surface area contributed by atoms with Crippen molar-refractivity contribution in [3.63, 3.8) is 0 Å². The van der Waals surface area contributed by atoms with Gasteiger partial charge in [0.15, 0.2) is 0 Å². The minimum Gasteiger partial charge on any atom is -0.373 e. The number of benzene rings is 1. The molecule has 5 nitrogen and oxygen atoms in total. The molecule has 0 aliphatic heterocycles. The van der Waals surface area contributed by atoms with Crippen LogP contribution in [0.15, 0.2) is 47.5 Å². The third-order valence-corrected chi connectivity index (χ3v) is 4.86. The van der Waals surface area contributed by atoms with Crippen molar-refractivity contribution in [2.45, 2.75) is 11.8 Å². The molecule has 112 valence electrons. The normalized spacial score (nSPS) is 11.2. The lowest BCUT2D eigenvalue weighted by molar-refractivity contribution is 0.586. The molecule has 1 aromatic carbocycles. The van der Waals surface area contributed by atoms with Crippen LogP contribution in [0.1, 0.15) is 6.92 Å². The zero-order chi connectivity index (χ0) is 15.5. The topological polar surface area (TPSA) is 62.3 Å². The maximum Gasteiger partial charge on any atom is 0.265 e. The van der Waals surface area contributed by atoms with Crippen LogP contribution in [0, 0.1) is 5.82 Å². The smallest absolute Gasteiger partial charge is 0.265 e. The van der Waals surface area contributed by atoms with E-state index in [-0.39, 0.29) is 17.1 Å². The van der Waals surface area contributed by atoms with Gasteiger partial charge >= 0.3 is 0 Å². The Balaban J connectivity index is 2.47. The van der Waals surface area contributed by atoms with E-state index in [9.17, 15) is 12.8 Å². The fraction of sp³-hybridized carbons (Fsp3) is 0.214. The number of aromatic nitrogens is 1. The van der Waals surface area contributed by atoms with Crippen LogP contribution in [0.4, 0.5) is 15.9 Å². The van der Waals surface area contributed by atoms with Crippen LogP contribution in [0.25, 0.3) is 0 Å². The molecule has 21 heavy (non-hydrogen) atoms. The van der Waals surface area contributed by atoms with Gasteiger partial charge < -0.3 is 5.32 Å². The van der Waals surface area contributed by atoms with Crippen LogP contribution in [0.3, 0.4) is 0 Å². The predicted octanol–water partition coefficient (Wildman–Crippen LogP) is 2.48. The molecule has 0 spiro atoms. The van der Waals surface area contributed by atoms with E-state index < -0.39 is 15.8 Å².